The van der Waals surface area contributed by atoms with E-state index in [2.05, 4.69) is 51.4 Å². The number of benzene rings is 1. The Morgan fingerprint density at radius 2 is 2.24 bits per heavy atom. The predicted octanol–water partition coefficient (Wildman–Crippen LogP) is 2.28. The van der Waals surface area contributed by atoms with E-state index in [1.807, 2.05) is 6.07 Å². The predicted molar refractivity (Wildman–Crippen MR) is 86.8 cm³/mol. The summed E-state index contributed by atoms with van der Waals surface area (Å²) >= 11 is 3.65. The summed E-state index contributed by atoms with van der Waals surface area (Å²) in [6.07, 6.45) is 0. The van der Waals surface area contributed by atoms with Crippen LogP contribution in [0.5, 0.6) is 0 Å². The molecule has 2 heterocycles. The number of hydrogen-bond donors (Lipinski definition) is 2. The highest BCUT2D eigenvalue weighted by Gasteiger charge is 2.33. The Labute approximate surface area is 133 Å². The molecule has 1 amide bonds. The molecule has 0 spiro atoms. The number of morpholine rings is 1. The zero-order valence-corrected chi connectivity index (χ0v) is 14.1. The first-order valence-corrected chi connectivity index (χ1v) is 7.91. The van der Waals surface area contributed by atoms with Gasteiger partial charge in [0.25, 0.3) is 0 Å². The number of hydrogen-bond acceptors (Lipinski definition) is 4. The van der Waals surface area contributed by atoms with Gasteiger partial charge in [-0.2, -0.15) is 0 Å². The Bertz CT molecular complexity index is 589. The van der Waals surface area contributed by atoms with Crippen molar-refractivity contribution in [1.29, 1.82) is 0 Å². The minimum Gasteiger partial charge on any atom is -0.372 e. The van der Waals surface area contributed by atoms with Crippen LogP contribution in [0.1, 0.15) is 25.5 Å². The number of carbonyl (C=O) groups excluding carboxylic acids is 1. The first-order chi connectivity index (χ1) is 9.91. The van der Waals surface area contributed by atoms with E-state index in [0.29, 0.717) is 6.61 Å². The molecule has 3 rings (SSSR count). The maximum Gasteiger partial charge on any atom is 0.246 e. The van der Waals surface area contributed by atoms with Crippen molar-refractivity contribution in [3.8, 4) is 0 Å². The molecule has 1 unspecified atom stereocenters. The molecule has 114 valence electrons. The standard InChI is InChI=1S/C15H20BrN3O2/c1-15(2)8-19(4-5-21-15)12-7-11-9(6-10(12)16)13(17-3)14(20)18-11/h6-7,13,17H,4-5,8H2,1-3H3,(H,18,20). The van der Waals surface area contributed by atoms with Gasteiger partial charge in [-0.15, -0.1) is 0 Å². The third kappa shape index (κ3) is 2.67. The average Bonchev–Trinajstić information content (AvgIpc) is 2.71. The number of amides is 1. The van der Waals surface area contributed by atoms with Crippen LogP contribution >= 0.6 is 15.9 Å². The number of nitrogens with zero attached hydrogens (tertiary/aromatic N) is 1. The van der Waals surface area contributed by atoms with Crippen molar-refractivity contribution in [2.24, 2.45) is 0 Å². The van der Waals surface area contributed by atoms with Gasteiger partial charge < -0.3 is 20.3 Å². The van der Waals surface area contributed by atoms with Gasteiger partial charge in [0.1, 0.15) is 6.04 Å². The minimum atomic E-state index is -0.272. The maximum absolute atomic E-state index is 11.9. The second-order valence-corrected chi connectivity index (χ2v) is 6.99. The van der Waals surface area contributed by atoms with Gasteiger partial charge >= 0.3 is 0 Å². The van der Waals surface area contributed by atoms with Gasteiger partial charge in [0.15, 0.2) is 0 Å². The molecular formula is C15H20BrN3O2. The summed E-state index contributed by atoms with van der Waals surface area (Å²) < 4.78 is 6.77. The van der Waals surface area contributed by atoms with Gasteiger partial charge in [0, 0.05) is 28.8 Å². The normalized spacial score (nSPS) is 23.9. The van der Waals surface area contributed by atoms with Crippen LogP contribution in [0.4, 0.5) is 11.4 Å². The van der Waals surface area contributed by atoms with Gasteiger partial charge in [-0.05, 0) is 49.0 Å². The van der Waals surface area contributed by atoms with Crippen molar-refractivity contribution in [3.05, 3.63) is 22.2 Å². The fourth-order valence-electron chi connectivity index (χ4n) is 3.02. The Hall–Kier alpha value is -1.11. The number of likely N-dealkylation sites (N-methyl/N-ethyl adjacent to an activating group) is 1. The molecule has 0 radical (unpaired) electrons. The molecule has 2 N–H and O–H groups in total. The lowest BCUT2D eigenvalue weighted by Crippen LogP contribution is -2.48. The Kier molecular flexibility index (Phi) is 3.71. The van der Waals surface area contributed by atoms with Crippen LogP contribution in [0, 0.1) is 0 Å². The van der Waals surface area contributed by atoms with Crippen molar-refractivity contribution in [2.75, 3.05) is 37.0 Å². The quantitative estimate of drug-likeness (QED) is 0.856. The molecule has 1 saturated heterocycles. The van der Waals surface area contributed by atoms with E-state index in [-0.39, 0.29) is 17.6 Å². The van der Waals surface area contributed by atoms with Crippen LogP contribution in [-0.2, 0) is 9.53 Å². The van der Waals surface area contributed by atoms with Gasteiger partial charge in [-0.1, -0.05) is 0 Å². The molecule has 0 aliphatic carbocycles. The van der Waals surface area contributed by atoms with E-state index in [0.717, 1.165) is 34.5 Å². The molecule has 5 nitrogen and oxygen atoms in total. The topological polar surface area (TPSA) is 53.6 Å². The lowest BCUT2D eigenvalue weighted by Gasteiger charge is -2.40. The van der Waals surface area contributed by atoms with Gasteiger partial charge in [0.05, 0.1) is 17.9 Å². The lowest BCUT2D eigenvalue weighted by atomic mass is 10.0. The number of fused-ring (bicyclic) bond motifs is 1. The summed E-state index contributed by atoms with van der Waals surface area (Å²) in [6.45, 7) is 6.58. The average molecular weight is 354 g/mol. The number of anilines is 2. The second-order valence-electron chi connectivity index (χ2n) is 6.13. The fraction of sp³-hybridized carbons (Fsp3) is 0.533. The van der Waals surface area contributed by atoms with Crippen molar-refractivity contribution in [2.45, 2.75) is 25.5 Å². The zero-order valence-electron chi connectivity index (χ0n) is 12.5. The van der Waals surface area contributed by atoms with E-state index >= 15 is 0 Å². The third-order valence-corrected chi connectivity index (χ3v) is 4.64. The Morgan fingerprint density at radius 3 is 2.90 bits per heavy atom. The minimum absolute atomic E-state index is 0.00106. The van der Waals surface area contributed by atoms with Gasteiger partial charge in [-0.25, -0.2) is 0 Å². The number of rotatable bonds is 2. The van der Waals surface area contributed by atoms with E-state index in [9.17, 15) is 4.79 Å². The van der Waals surface area contributed by atoms with Gasteiger partial charge in [-0.3, -0.25) is 4.79 Å². The highest BCUT2D eigenvalue weighted by Crippen LogP contribution is 2.39. The fourth-order valence-corrected chi connectivity index (χ4v) is 3.63. The summed E-state index contributed by atoms with van der Waals surface area (Å²) in [7, 11) is 1.80. The molecule has 6 heteroatoms. The second kappa shape index (κ2) is 5.26. The molecule has 1 aromatic carbocycles. The monoisotopic (exact) mass is 353 g/mol. The van der Waals surface area contributed by atoms with E-state index in [1.54, 1.807) is 7.05 Å². The molecule has 2 aliphatic rings. The molecule has 0 saturated carbocycles. The number of ether oxygens (including phenoxy) is 1. The van der Waals surface area contributed by atoms with E-state index < -0.39 is 0 Å². The highest BCUT2D eigenvalue weighted by atomic mass is 79.9. The van der Waals surface area contributed by atoms with E-state index in [1.165, 1.54) is 0 Å². The van der Waals surface area contributed by atoms with Crippen LogP contribution in [0.25, 0.3) is 0 Å². The number of carbonyl (C=O) groups is 1. The highest BCUT2D eigenvalue weighted by molar-refractivity contribution is 9.10. The summed E-state index contributed by atoms with van der Waals surface area (Å²) in [5.41, 5.74) is 2.82. The zero-order chi connectivity index (χ0) is 15.2. The van der Waals surface area contributed by atoms with Crippen LogP contribution in [0.15, 0.2) is 16.6 Å². The van der Waals surface area contributed by atoms with Crippen LogP contribution in [0.2, 0.25) is 0 Å². The molecule has 1 atom stereocenters. The van der Waals surface area contributed by atoms with Crippen molar-refractivity contribution in [1.82, 2.24) is 5.32 Å². The summed E-state index contributed by atoms with van der Waals surface area (Å²) in [6, 6.07) is 3.81. The first kappa shape index (κ1) is 14.8. The molecule has 0 aromatic heterocycles. The van der Waals surface area contributed by atoms with Crippen LogP contribution < -0.4 is 15.5 Å². The Morgan fingerprint density at radius 1 is 1.48 bits per heavy atom. The van der Waals surface area contributed by atoms with E-state index in [4.69, 9.17) is 4.74 Å². The number of halogens is 1. The first-order valence-electron chi connectivity index (χ1n) is 7.12. The number of nitrogens with one attached hydrogen (secondary N) is 2. The Balaban J connectivity index is 1.95. The summed E-state index contributed by atoms with van der Waals surface area (Å²) in [4.78, 5) is 14.2. The molecule has 21 heavy (non-hydrogen) atoms. The maximum atomic E-state index is 11.9. The van der Waals surface area contributed by atoms with Gasteiger partial charge in [0.2, 0.25) is 5.91 Å². The summed E-state index contributed by atoms with van der Waals surface area (Å²) in [5.74, 6) is -0.00106. The van der Waals surface area contributed by atoms with Crippen molar-refractivity contribution >= 4 is 33.2 Å². The molecule has 1 aromatic rings. The third-order valence-electron chi connectivity index (χ3n) is 4.01. The van der Waals surface area contributed by atoms with Crippen LogP contribution in [0.3, 0.4) is 0 Å². The largest absolute Gasteiger partial charge is 0.372 e. The molecule has 1 fully saturated rings. The van der Waals surface area contributed by atoms with Crippen LogP contribution in [-0.4, -0.2) is 38.3 Å². The summed E-state index contributed by atoms with van der Waals surface area (Å²) in [5, 5.41) is 5.99. The smallest absolute Gasteiger partial charge is 0.246 e. The van der Waals surface area contributed by atoms with Crippen molar-refractivity contribution in [3.63, 3.8) is 0 Å². The molecule has 2 aliphatic heterocycles. The van der Waals surface area contributed by atoms with Crippen molar-refractivity contribution < 1.29 is 9.53 Å². The SMILES string of the molecule is CNC1C(=O)Nc2cc(N3CCOC(C)(C)C3)c(Br)cc21. The molecular weight excluding hydrogens is 334 g/mol. The molecule has 0 bridgehead atoms. The lowest BCUT2D eigenvalue weighted by molar-refractivity contribution is -0.117.